The molecule has 0 saturated heterocycles. The number of Topliss-reactive ketones (excluding diaryl/α,β-unsaturated/α-hetero) is 3. The fourth-order valence-electron chi connectivity index (χ4n) is 4.98. The molecule has 2 N–H and O–H groups in total. The number of carbonyl (C=O) groups excluding carboxylic acids is 3. The third kappa shape index (κ3) is 3.35. The van der Waals surface area contributed by atoms with Gasteiger partial charge in [-0.15, -0.1) is 0 Å². The van der Waals surface area contributed by atoms with Crippen LogP contribution in [0.25, 0.3) is 0 Å². The van der Waals surface area contributed by atoms with Crippen LogP contribution in [0, 0.1) is 22.7 Å². The van der Waals surface area contributed by atoms with Crippen LogP contribution in [0.15, 0.2) is 17.4 Å². The van der Waals surface area contributed by atoms with Crippen molar-refractivity contribution in [3.05, 3.63) is 28.5 Å². The quantitative estimate of drug-likeness (QED) is 0.474. The maximum Gasteiger partial charge on any atom is 0.175 e. The minimum atomic E-state index is -1.24. The molecule has 6 nitrogen and oxygen atoms in total. The number of fused-ring (bicyclic) bond motifs is 1. The molecule has 0 amide bonds. The molecule has 1 aromatic carbocycles. The molecule has 2 aliphatic rings. The molecule has 1 aromatic rings. The van der Waals surface area contributed by atoms with Gasteiger partial charge in [0.2, 0.25) is 0 Å². The molecule has 2 atom stereocenters. The van der Waals surface area contributed by atoms with E-state index < -0.39 is 16.7 Å². The van der Waals surface area contributed by atoms with Gasteiger partial charge in [-0.3, -0.25) is 14.4 Å². The minimum Gasteiger partial charge on any atom is -0.507 e. The van der Waals surface area contributed by atoms with Gasteiger partial charge in [0.15, 0.2) is 17.3 Å². The predicted molar refractivity (Wildman–Crippen MR) is 121 cm³/mol. The minimum absolute atomic E-state index is 0.00649. The number of aromatic hydroxyl groups is 2. The van der Waals surface area contributed by atoms with E-state index in [2.05, 4.69) is 0 Å². The third-order valence-corrected chi connectivity index (χ3v) is 6.95. The van der Waals surface area contributed by atoms with Crippen LogP contribution >= 0.6 is 0 Å². The third-order valence-electron chi connectivity index (χ3n) is 6.95. The predicted octanol–water partition coefficient (Wildman–Crippen LogP) is 5.31. The number of phenols is 2. The van der Waals surface area contributed by atoms with Gasteiger partial charge in [0, 0.05) is 29.0 Å². The number of ether oxygens (including phenoxy) is 1. The fraction of sp³-hybridized carbons (Fsp3) is 0.577. The highest BCUT2D eigenvalue weighted by molar-refractivity contribution is 6.20. The lowest BCUT2D eigenvalue weighted by atomic mass is 9.59. The molecule has 0 fully saturated rings. The number of phenolic OH excluding ortho intramolecular Hbond substituents is 2. The molecule has 3 rings (SSSR count). The van der Waals surface area contributed by atoms with Crippen LogP contribution in [0.1, 0.15) is 90.1 Å². The van der Waals surface area contributed by atoms with E-state index in [0.717, 1.165) is 6.07 Å². The van der Waals surface area contributed by atoms with Crippen LogP contribution in [-0.4, -0.2) is 27.6 Å². The molecule has 1 aliphatic carbocycles. The first-order valence-corrected chi connectivity index (χ1v) is 11.3. The van der Waals surface area contributed by atoms with E-state index in [0.29, 0.717) is 24.0 Å². The second-order valence-electron chi connectivity index (χ2n) is 10.6. The van der Waals surface area contributed by atoms with E-state index >= 15 is 0 Å². The topological polar surface area (TPSA) is 101 Å². The number of carbonyl (C=O) groups is 3. The summed E-state index contributed by atoms with van der Waals surface area (Å²) in [6, 6.07) is 1.16. The van der Waals surface area contributed by atoms with Crippen molar-refractivity contribution in [2.45, 2.75) is 74.1 Å². The molecule has 6 heteroatoms. The highest BCUT2D eigenvalue weighted by atomic mass is 16.5. The Morgan fingerprint density at radius 3 is 2.19 bits per heavy atom. The lowest BCUT2D eigenvalue weighted by molar-refractivity contribution is -0.144. The average Bonchev–Trinajstić information content (AvgIpc) is 2.69. The van der Waals surface area contributed by atoms with Crippen molar-refractivity contribution in [2.75, 3.05) is 0 Å². The van der Waals surface area contributed by atoms with Crippen molar-refractivity contribution >= 4 is 17.3 Å². The molecular formula is C26H34O6. The van der Waals surface area contributed by atoms with Crippen molar-refractivity contribution in [1.82, 2.24) is 0 Å². The Hall–Kier alpha value is -2.63. The van der Waals surface area contributed by atoms with E-state index in [1.165, 1.54) is 0 Å². The van der Waals surface area contributed by atoms with Crippen molar-refractivity contribution < 1.29 is 29.3 Å². The van der Waals surface area contributed by atoms with Crippen LogP contribution in [0.3, 0.4) is 0 Å². The van der Waals surface area contributed by atoms with Crippen LogP contribution < -0.4 is 4.74 Å². The van der Waals surface area contributed by atoms with Gasteiger partial charge in [-0.2, -0.15) is 0 Å². The van der Waals surface area contributed by atoms with Gasteiger partial charge in [-0.05, 0) is 46.5 Å². The Morgan fingerprint density at radius 2 is 1.66 bits per heavy atom. The van der Waals surface area contributed by atoms with Crippen LogP contribution in [-0.2, 0) is 9.59 Å². The Kier molecular flexibility index (Phi) is 5.82. The van der Waals surface area contributed by atoms with Gasteiger partial charge in [0.25, 0.3) is 0 Å². The molecule has 32 heavy (non-hydrogen) atoms. The van der Waals surface area contributed by atoms with E-state index in [9.17, 15) is 24.6 Å². The van der Waals surface area contributed by atoms with Crippen LogP contribution in [0.2, 0.25) is 0 Å². The van der Waals surface area contributed by atoms with Gasteiger partial charge in [0.1, 0.15) is 28.6 Å². The summed E-state index contributed by atoms with van der Waals surface area (Å²) in [6.45, 7) is 14.3. The smallest absolute Gasteiger partial charge is 0.175 e. The highest BCUT2D eigenvalue weighted by Gasteiger charge is 2.57. The summed E-state index contributed by atoms with van der Waals surface area (Å²) in [5.41, 5.74) is -1.65. The van der Waals surface area contributed by atoms with Crippen molar-refractivity contribution in [2.24, 2.45) is 22.7 Å². The molecule has 0 spiro atoms. The number of allylic oxidation sites excluding steroid dienone is 2. The zero-order valence-corrected chi connectivity index (χ0v) is 20.3. The number of hydrogen-bond acceptors (Lipinski definition) is 6. The molecule has 0 aromatic heterocycles. The SMILES string of the molecule is CCC(C)C(=O)c1c(O)cc(O)c2c1OC1=C(C(=O)C(C)(C)C(=O)C1(C)C)C2CC(C)C. The summed E-state index contributed by atoms with van der Waals surface area (Å²) in [4.78, 5) is 40.0. The maximum absolute atomic E-state index is 13.6. The normalized spacial score (nSPS) is 22.3. The van der Waals surface area contributed by atoms with E-state index in [1.54, 1.807) is 34.6 Å². The van der Waals surface area contributed by atoms with Crippen LogP contribution in [0.4, 0.5) is 0 Å². The largest absolute Gasteiger partial charge is 0.507 e. The first kappa shape index (κ1) is 24.0. The standard InChI is InChI=1S/C26H34O6/c1-9-13(4)20(29)19-16(28)11-15(27)17-14(10-12(2)3)18-22(30)25(5,6)24(31)26(7,8)23(18)32-21(17)19/h11-14,27-28H,9-10H2,1-8H3. The molecule has 0 saturated carbocycles. The highest BCUT2D eigenvalue weighted by Crippen LogP contribution is 2.57. The van der Waals surface area contributed by atoms with Gasteiger partial charge < -0.3 is 14.9 Å². The average molecular weight is 443 g/mol. The lowest BCUT2D eigenvalue weighted by Gasteiger charge is -2.45. The fourth-order valence-corrected chi connectivity index (χ4v) is 4.98. The number of hydrogen-bond donors (Lipinski definition) is 2. The van der Waals surface area contributed by atoms with Crippen LogP contribution in [0.5, 0.6) is 17.2 Å². The molecule has 174 valence electrons. The number of rotatable bonds is 5. The zero-order valence-electron chi connectivity index (χ0n) is 20.3. The Balaban J connectivity index is 2.40. The Morgan fingerprint density at radius 1 is 1.06 bits per heavy atom. The summed E-state index contributed by atoms with van der Waals surface area (Å²) in [5.74, 6) is -2.00. The zero-order chi connectivity index (χ0) is 24.3. The number of ketones is 3. The molecule has 1 aliphatic heterocycles. The molecule has 2 unspecified atom stereocenters. The number of benzene rings is 1. The monoisotopic (exact) mass is 442 g/mol. The van der Waals surface area contributed by atoms with E-state index in [1.807, 2.05) is 20.8 Å². The van der Waals surface area contributed by atoms with Crippen molar-refractivity contribution in [3.8, 4) is 17.2 Å². The van der Waals surface area contributed by atoms with E-state index in [4.69, 9.17) is 4.74 Å². The second kappa shape index (κ2) is 7.75. The first-order valence-electron chi connectivity index (χ1n) is 11.3. The summed E-state index contributed by atoms with van der Waals surface area (Å²) >= 11 is 0. The molecule has 0 radical (unpaired) electrons. The van der Waals surface area contributed by atoms with Crippen molar-refractivity contribution in [3.63, 3.8) is 0 Å². The summed E-state index contributed by atoms with van der Waals surface area (Å²) in [6.07, 6.45) is 1.07. The van der Waals surface area contributed by atoms with Crippen molar-refractivity contribution in [1.29, 1.82) is 0 Å². The van der Waals surface area contributed by atoms with E-state index in [-0.39, 0.29) is 57.8 Å². The summed E-state index contributed by atoms with van der Waals surface area (Å²) < 4.78 is 6.20. The molecule has 1 heterocycles. The maximum atomic E-state index is 13.6. The van der Waals surface area contributed by atoms with Gasteiger partial charge >= 0.3 is 0 Å². The summed E-state index contributed by atoms with van der Waals surface area (Å²) in [7, 11) is 0. The lowest BCUT2D eigenvalue weighted by Crippen LogP contribution is -2.51. The second-order valence-corrected chi connectivity index (χ2v) is 10.6. The van der Waals surface area contributed by atoms with Gasteiger partial charge in [-0.25, -0.2) is 0 Å². The Labute approximate surface area is 189 Å². The molecule has 0 bridgehead atoms. The Bertz CT molecular complexity index is 1040. The first-order chi connectivity index (χ1) is 14.7. The molecular weight excluding hydrogens is 408 g/mol. The van der Waals surface area contributed by atoms with Gasteiger partial charge in [0.05, 0.1) is 10.8 Å². The summed E-state index contributed by atoms with van der Waals surface area (Å²) in [5, 5.41) is 21.5. The van der Waals surface area contributed by atoms with Gasteiger partial charge in [-0.1, -0.05) is 27.7 Å².